The third kappa shape index (κ3) is 4.85. The summed E-state index contributed by atoms with van der Waals surface area (Å²) in [4.78, 5) is 27.6. The van der Waals surface area contributed by atoms with Gasteiger partial charge in [0.2, 0.25) is 0 Å². The Labute approximate surface area is 184 Å². The second kappa shape index (κ2) is 10.1. The molecule has 1 amide bonds. The van der Waals surface area contributed by atoms with E-state index in [1.54, 1.807) is 12.4 Å². The summed E-state index contributed by atoms with van der Waals surface area (Å²) in [5.74, 6) is 0.134. The fraction of sp³-hybridized carbons (Fsp3) is 0.333. The standard InChI is InChI=1S/C19H20N8OS.C2H6/c1-3-11(2)15-18(27-22-8-9-23-27)26-17(20)16(25-15)19(28)21-10-14-24-12-6-4-5-7-13(12)29-14;1-2/h4-9,11H,3,10H2,1-2H3,(H2,20,26)(H,21,28);1-2H3. The molecule has 1 aromatic carbocycles. The van der Waals surface area contributed by atoms with Gasteiger partial charge >= 0.3 is 0 Å². The molecule has 0 aliphatic rings. The van der Waals surface area contributed by atoms with Crippen LogP contribution in [0.5, 0.6) is 0 Å². The lowest BCUT2D eigenvalue weighted by Crippen LogP contribution is -2.27. The average Bonchev–Trinajstić information content (AvgIpc) is 3.48. The smallest absolute Gasteiger partial charge is 0.274 e. The molecule has 0 bridgehead atoms. The molecule has 0 saturated carbocycles. The maximum absolute atomic E-state index is 12.8. The zero-order chi connectivity index (χ0) is 22.4. The van der Waals surface area contributed by atoms with Gasteiger partial charge in [0.1, 0.15) is 5.01 Å². The minimum Gasteiger partial charge on any atom is -0.382 e. The Morgan fingerprint density at radius 1 is 1.16 bits per heavy atom. The van der Waals surface area contributed by atoms with E-state index in [1.165, 1.54) is 16.1 Å². The molecule has 10 heteroatoms. The van der Waals surface area contributed by atoms with Crippen LogP contribution in [0.3, 0.4) is 0 Å². The molecule has 31 heavy (non-hydrogen) atoms. The number of para-hydroxylation sites is 1. The number of nitrogens with zero attached hydrogens (tertiary/aromatic N) is 6. The van der Waals surface area contributed by atoms with E-state index in [9.17, 15) is 4.79 Å². The predicted octanol–water partition coefficient (Wildman–Crippen LogP) is 3.72. The highest BCUT2D eigenvalue weighted by atomic mass is 32.1. The molecule has 0 fully saturated rings. The van der Waals surface area contributed by atoms with E-state index in [4.69, 9.17) is 5.73 Å². The first-order valence-electron chi connectivity index (χ1n) is 10.2. The van der Waals surface area contributed by atoms with Crippen molar-refractivity contribution in [1.82, 2.24) is 35.3 Å². The number of anilines is 1. The van der Waals surface area contributed by atoms with Gasteiger partial charge in [-0.25, -0.2) is 15.0 Å². The van der Waals surface area contributed by atoms with Gasteiger partial charge in [0, 0.05) is 5.92 Å². The molecule has 162 valence electrons. The fourth-order valence-electron chi connectivity index (χ4n) is 2.85. The van der Waals surface area contributed by atoms with E-state index in [0.29, 0.717) is 18.1 Å². The van der Waals surface area contributed by atoms with Crippen molar-refractivity contribution in [1.29, 1.82) is 0 Å². The number of nitrogens with one attached hydrogen (secondary N) is 1. The second-order valence-electron chi connectivity index (χ2n) is 6.55. The average molecular weight is 439 g/mol. The molecule has 0 radical (unpaired) electrons. The van der Waals surface area contributed by atoms with Crippen molar-refractivity contribution >= 4 is 33.3 Å². The predicted molar refractivity (Wildman–Crippen MR) is 122 cm³/mol. The van der Waals surface area contributed by atoms with Crippen molar-refractivity contribution in [3.8, 4) is 5.82 Å². The first-order valence-corrected chi connectivity index (χ1v) is 11.0. The van der Waals surface area contributed by atoms with E-state index in [2.05, 4.69) is 30.5 Å². The topological polar surface area (TPSA) is 124 Å². The van der Waals surface area contributed by atoms with Crippen molar-refractivity contribution in [3.63, 3.8) is 0 Å². The molecule has 1 unspecified atom stereocenters. The quantitative estimate of drug-likeness (QED) is 0.470. The number of hydrogen-bond acceptors (Lipinski definition) is 8. The number of thiazole rings is 1. The van der Waals surface area contributed by atoms with Crippen molar-refractivity contribution in [2.24, 2.45) is 0 Å². The SMILES string of the molecule is CC.CCC(C)c1nc(C(=O)NCc2nc3ccccc3s2)c(N)nc1-n1nccn1. The summed E-state index contributed by atoms with van der Waals surface area (Å²) in [5.41, 5.74) is 7.69. The van der Waals surface area contributed by atoms with Crippen LogP contribution >= 0.6 is 11.3 Å². The van der Waals surface area contributed by atoms with Gasteiger partial charge in [-0.3, -0.25) is 4.79 Å². The van der Waals surface area contributed by atoms with E-state index in [0.717, 1.165) is 21.6 Å². The van der Waals surface area contributed by atoms with Crippen LogP contribution in [0.1, 0.15) is 61.2 Å². The van der Waals surface area contributed by atoms with E-state index >= 15 is 0 Å². The molecule has 1 atom stereocenters. The zero-order valence-electron chi connectivity index (χ0n) is 18.0. The van der Waals surface area contributed by atoms with Gasteiger partial charge in [-0.2, -0.15) is 10.2 Å². The van der Waals surface area contributed by atoms with Gasteiger partial charge in [-0.15, -0.1) is 16.1 Å². The van der Waals surface area contributed by atoms with Crippen LogP contribution in [0.25, 0.3) is 16.0 Å². The number of benzene rings is 1. The van der Waals surface area contributed by atoms with Crippen LogP contribution in [0, 0.1) is 0 Å². The zero-order valence-corrected chi connectivity index (χ0v) is 18.8. The maximum atomic E-state index is 12.8. The Bertz CT molecular complexity index is 1120. The van der Waals surface area contributed by atoms with E-state index in [-0.39, 0.29) is 17.4 Å². The highest BCUT2D eigenvalue weighted by Crippen LogP contribution is 2.24. The molecule has 3 heterocycles. The molecule has 3 N–H and O–H groups in total. The molecule has 9 nitrogen and oxygen atoms in total. The van der Waals surface area contributed by atoms with Crippen LogP contribution in [0.4, 0.5) is 5.82 Å². The van der Waals surface area contributed by atoms with Gasteiger partial charge in [0.15, 0.2) is 17.3 Å². The van der Waals surface area contributed by atoms with E-state index < -0.39 is 5.91 Å². The summed E-state index contributed by atoms with van der Waals surface area (Å²) in [6.07, 6.45) is 3.92. The van der Waals surface area contributed by atoms with E-state index in [1.807, 2.05) is 52.0 Å². The first-order chi connectivity index (χ1) is 15.1. The van der Waals surface area contributed by atoms with Crippen LogP contribution in [0.15, 0.2) is 36.7 Å². The Hall–Kier alpha value is -3.40. The number of carbonyl (C=O) groups excluding carboxylic acids is 1. The largest absolute Gasteiger partial charge is 0.382 e. The molecule has 3 aromatic heterocycles. The minimum absolute atomic E-state index is 0.0335. The molecule has 0 aliphatic carbocycles. The lowest BCUT2D eigenvalue weighted by atomic mass is 10.0. The fourth-order valence-corrected chi connectivity index (χ4v) is 3.76. The number of nitrogens with two attached hydrogens (primary N) is 1. The number of rotatable bonds is 6. The molecular weight excluding hydrogens is 412 g/mol. The van der Waals surface area contributed by atoms with Crippen molar-refractivity contribution in [2.75, 3.05) is 5.73 Å². The van der Waals surface area contributed by atoms with Gasteiger partial charge < -0.3 is 11.1 Å². The lowest BCUT2D eigenvalue weighted by Gasteiger charge is -2.15. The van der Waals surface area contributed by atoms with Crippen LogP contribution in [-0.4, -0.2) is 35.9 Å². The molecule has 0 saturated heterocycles. The van der Waals surface area contributed by atoms with Gasteiger partial charge in [-0.05, 0) is 18.6 Å². The summed E-state index contributed by atoms with van der Waals surface area (Å²) in [6, 6.07) is 7.85. The van der Waals surface area contributed by atoms with Gasteiger partial charge in [-0.1, -0.05) is 39.8 Å². The Morgan fingerprint density at radius 2 is 1.87 bits per heavy atom. The van der Waals surface area contributed by atoms with Crippen molar-refractivity contribution in [2.45, 2.75) is 46.6 Å². The third-order valence-electron chi connectivity index (χ3n) is 4.57. The molecule has 4 rings (SSSR count). The highest BCUT2D eigenvalue weighted by Gasteiger charge is 2.22. The Kier molecular flexibility index (Phi) is 7.24. The number of hydrogen-bond donors (Lipinski definition) is 2. The maximum Gasteiger partial charge on any atom is 0.274 e. The minimum atomic E-state index is -0.390. The number of fused-ring (bicyclic) bond motifs is 1. The molecule has 4 aromatic rings. The summed E-state index contributed by atoms with van der Waals surface area (Å²) >= 11 is 1.54. The highest BCUT2D eigenvalue weighted by molar-refractivity contribution is 7.18. The van der Waals surface area contributed by atoms with Crippen molar-refractivity contribution < 1.29 is 4.79 Å². The third-order valence-corrected chi connectivity index (χ3v) is 5.61. The normalized spacial score (nSPS) is 11.6. The summed E-state index contributed by atoms with van der Waals surface area (Å²) < 4.78 is 1.08. The van der Waals surface area contributed by atoms with Crippen molar-refractivity contribution in [3.05, 3.63) is 53.1 Å². The van der Waals surface area contributed by atoms with Gasteiger partial charge in [0.05, 0.1) is 34.8 Å². The van der Waals surface area contributed by atoms with Crippen LogP contribution in [0.2, 0.25) is 0 Å². The van der Waals surface area contributed by atoms with Crippen LogP contribution in [-0.2, 0) is 6.54 Å². The Balaban J connectivity index is 0.00000132. The summed E-state index contributed by atoms with van der Waals surface area (Å²) in [7, 11) is 0. The van der Waals surface area contributed by atoms with Crippen LogP contribution < -0.4 is 11.1 Å². The number of nitrogen functional groups attached to an aromatic ring is 1. The molecule has 0 aliphatic heterocycles. The number of aromatic nitrogens is 6. The monoisotopic (exact) mass is 438 g/mol. The molecule has 0 spiro atoms. The number of carbonyl (C=O) groups is 1. The molecular formula is C21H26N8OS. The summed E-state index contributed by atoms with van der Waals surface area (Å²) in [6.45, 7) is 8.34. The lowest BCUT2D eigenvalue weighted by molar-refractivity contribution is 0.0946. The number of amides is 1. The second-order valence-corrected chi connectivity index (χ2v) is 7.67. The summed E-state index contributed by atoms with van der Waals surface area (Å²) in [5, 5.41) is 11.9. The van der Waals surface area contributed by atoms with Gasteiger partial charge in [0.25, 0.3) is 5.91 Å². The Morgan fingerprint density at radius 3 is 2.55 bits per heavy atom. The first kappa shape index (κ1) is 22.3.